The molecule has 1 aromatic carbocycles. The van der Waals surface area contributed by atoms with Gasteiger partial charge in [0.05, 0.1) is 6.61 Å². The molecule has 1 atom stereocenters. The molecule has 2 aromatic rings. The van der Waals surface area contributed by atoms with Gasteiger partial charge in [0.15, 0.2) is 5.82 Å². The fraction of sp³-hybridized carbons (Fsp3) is 0.583. The van der Waals surface area contributed by atoms with Crippen molar-refractivity contribution in [3.05, 3.63) is 41.5 Å². The summed E-state index contributed by atoms with van der Waals surface area (Å²) < 4.78 is 11.3. The van der Waals surface area contributed by atoms with E-state index < -0.39 is 0 Å². The van der Waals surface area contributed by atoms with Gasteiger partial charge in [0, 0.05) is 39.4 Å². The summed E-state index contributed by atoms with van der Waals surface area (Å²) in [7, 11) is 0. The van der Waals surface area contributed by atoms with Crippen LogP contribution in [0.1, 0.15) is 62.3 Å². The Kier molecular flexibility index (Phi) is 7.07. The van der Waals surface area contributed by atoms with Crippen LogP contribution >= 0.6 is 0 Å². The Morgan fingerprint density at radius 1 is 1.19 bits per heavy atom. The highest BCUT2D eigenvalue weighted by molar-refractivity contribution is 5.77. The van der Waals surface area contributed by atoms with Crippen LogP contribution in [-0.4, -0.2) is 58.0 Å². The van der Waals surface area contributed by atoms with Crippen LogP contribution in [-0.2, 0) is 16.0 Å². The van der Waals surface area contributed by atoms with Crippen LogP contribution in [0.4, 0.5) is 0 Å². The number of carbonyl (C=O) groups is 2. The third-order valence-corrected chi connectivity index (χ3v) is 6.45. The zero-order chi connectivity index (χ0) is 22.5. The Bertz CT molecular complexity index is 936. The highest BCUT2D eigenvalue weighted by Gasteiger charge is 2.35. The van der Waals surface area contributed by atoms with Gasteiger partial charge >= 0.3 is 0 Å². The van der Waals surface area contributed by atoms with Crippen molar-refractivity contribution < 1.29 is 18.8 Å². The number of hydrogen-bond acceptors (Lipinski definition) is 6. The number of rotatable bonds is 7. The largest absolute Gasteiger partial charge is 0.493 e. The Morgan fingerprint density at radius 2 is 2.00 bits per heavy atom. The molecule has 32 heavy (non-hydrogen) atoms. The molecule has 1 unspecified atom stereocenters. The number of hydrogen-bond donors (Lipinski definition) is 0. The van der Waals surface area contributed by atoms with Gasteiger partial charge in [-0.2, -0.15) is 4.98 Å². The number of likely N-dealkylation sites (tertiary alicyclic amines) is 2. The Hall–Kier alpha value is -2.90. The Balaban J connectivity index is 1.28. The maximum Gasteiger partial charge on any atom is 0.249 e. The van der Waals surface area contributed by atoms with Crippen molar-refractivity contribution in [2.45, 2.75) is 58.4 Å². The van der Waals surface area contributed by atoms with Gasteiger partial charge in [-0.1, -0.05) is 17.3 Å². The van der Waals surface area contributed by atoms with Gasteiger partial charge < -0.3 is 19.1 Å². The fourth-order valence-corrected chi connectivity index (χ4v) is 4.61. The summed E-state index contributed by atoms with van der Waals surface area (Å²) in [5, 5.41) is 4.10. The van der Waals surface area contributed by atoms with Gasteiger partial charge in [0.2, 0.25) is 17.7 Å². The van der Waals surface area contributed by atoms with Crippen LogP contribution in [0.15, 0.2) is 28.8 Å². The molecule has 4 rings (SSSR count). The normalized spacial score (nSPS) is 19.4. The van der Waals surface area contributed by atoms with Crippen LogP contribution in [0, 0.1) is 12.8 Å². The van der Waals surface area contributed by atoms with Gasteiger partial charge in [-0.05, 0) is 56.2 Å². The Labute approximate surface area is 188 Å². The third-order valence-electron chi connectivity index (χ3n) is 6.45. The zero-order valence-electron chi connectivity index (χ0n) is 19.0. The Morgan fingerprint density at radius 3 is 2.75 bits per heavy atom. The van der Waals surface area contributed by atoms with E-state index >= 15 is 0 Å². The molecule has 172 valence electrons. The molecule has 2 aliphatic rings. The number of ether oxygens (including phenoxy) is 1. The topological polar surface area (TPSA) is 88.8 Å². The van der Waals surface area contributed by atoms with Crippen molar-refractivity contribution in [1.82, 2.24) is 19.9 Å². The molecule has 0 aliphatic carbocycles. The number of amides is 2. The summed E-state index contributed by atoms with van der Waals surface area (Å²) in [5.74, 6) is 2.55. The molecular formula is C24H32N4O4. The molecule has 0 N–H and O–H groups in total. The highest BCUT2D eigenvalue weighted by Crippen LogP contribution is 2.33. The first-order chi connectivity index (χ1) is 15.5. The first kappa shape index (κ1) is 22.3. The molecule has 1 aromatic heterocycles. The minimum Gasteiger partial charge on any atom is -0.493 e. The van der Waals surface area contributed by atoms with E-state index in [4.69, 9.17) is 9.26 Å². The second kappa shape index (κ2) is 10.1. The number of aryl methyl sites for hydroxylation is 1. The average molecular weight is 441 g/mol. The van der Waals surface area contributed by atoms with Crippen molar-refractivity contribution in [1.29, 1.82) is 0 Å². The second-order valence-electron chi connectivity index (χ2n) is 8.86. The highest BCUT2D eigenvalue weighted by atomic mass is 16.5. The SMILES string of the molecule is CC(=O)N1CCC(CC(=O)N2CCCC2c2nc(CCOc3cccc(C)c3)no2)CC1. The van der Waals surface area contributed by atoms with E-state index in [-0.39, 0.29) is 17.9 Å². The summed E-state index contributed by atoms with van der Waals surface area (Å²) in [4.78, 5) is 32.8. The lowest BCUT2D eigenvalue weighted by atomic mass is 9.93. The van der Waals surface area contributed by atoms with Crippen LogP contribution in [0.5, 0.6) is 5.75 Å². The van der Waals surface area contributed by atoms with Crippen LogP contribution in [0.3, 0.4) is 0 Å². The molecule has 2 aliphatic heterocycles. The molecule has 0 radical (unpaired) electrons. The van der Waals surface area contributed by atoms with E-state index in [1.54, 1.807) is 6.92 Å². The average Bonchev–Trinajstić information content (AvgIpc) is 3.44. The quantitative estimate of drug-likeness (QED) is 0.656. The van der Waals surface area contributed by atoms with Crippen LogP contribution in [0.25, 0.3) is 0 Å². The lowest BCUT2D eigenvalue weighted by molar-refractivity contribution is -0.134. The molecule has 8 nitrogen and oxygen atoms in total. The van der Waals surface area contributed by atoms with Crippen molar-refractivity contribution >= 4 is 11.8 Å². The van der Waals surface area contributed by atoms with Gasteiger partial charge in [-0.25, -0.2) is 0 Å². The monoisotopic (exact) mass is 440 g/mol. The maximum atomic E-state index is 13.0. The fourth-order valence-electron chi connectivity index (χ4n) is 4.61. The number of benzene rings is 1. The molecular weight excluding hydrogens is 408 g/mol. The lowest BCUT2D eigenvalue weighted by Crippen LogP contribution is -2.39. The third kappa shape index (κ3) is 5.47. The summed E-state index contributed by atoms with van der Waals surface area (Å²) in [6.07, 6.45) is 4.62. The van der Waals surface area contributed by atoms with Crippen molar-refractivity contribution in [3.63, 3.8) is 0 Å². The van der Waals surface area contributed by atoms with E-state index in [2.05, 4.69) is 10.1 Å². The molecule has 8 heteroatoms. The maximum absolute atomic E-state index is 13.0. The molecule has 2 fully saturated rings. The van der Waals surface area contributed by atoms with E-state index in [0.717, 1.165) is 56.6 Å². The molecule has 0 saturated carbocycles. The predicted octanol–water partition coefficient (Wildman–Crippen LogP) is 3.31. The first-order valence-corrected chi connectivity index (χ1v) is 11.6. The minimum absolute atomic E-state index is 0.117. The molecule has 2 saturated heterocycles. The van der Waals surface area contributed by atoms with Crippen LogP contribution < -0.4 is 4.74 Å². The van der Waals surface area contributed by atoms with E-state index in [1.807, 2.05) is 41.0 Å². The number of nitrogens with zero attached hydrogens (tertiary/aromatic N) is 4. The van der Waals surface area contributed by atoms with E-state index in [1.165, 1.54) is 0 Å². The minimum atomic E-state index is -0.140. The molecule has 2 amide bonds. The van der Waals surface area contributed by atoms with E-state index in [0.29, 0.717) is 37.1 Å². The molecule has 3 heterocycles. The van der Waals surface area contributed by atoms with Gasteiger partial charge in [0.1, 0.15) is 11.8 Å². The zero-order valence-corrected chi connectivity index (χ0v) is 19.0. The summed E-state index contributed by atoms with van der Waals surface area (Å²) >= 11 is 0. The second-order valence-corrected chi connectivity index (χ2v) is 8.86. The predicted molar refractivity (Wildman–Crippen MR) is 118 cm³/mol. The van der Waals surface area contributed by atoms with Crippen molar-refractivity contribution in [2.24, 2.45) is 5.92 Å². The summed E-state index contributed by atoms with van der Waals surface area (Å²) in [5.41, 5.74) is 1.15. The number of carbonyl (C=O) groups excluding carboxylic acids is 2. The summed E-state index contributed by atoms with van der Waals surface area (Å²) in [6, 6.07) is 7.78. The lowest BCUT2D eigenvalue weighted by Gasteiger charge is -2.32. The number of piperidine rings is 1. The standard InChI is InChI=1S/C24H32N4O4/c1-17-5-3-6-20(15-17)31-14-10-22-25-24(32-26-22)21-7-4-11-28(21)23(30)16-19-8-12-27(13-9-19)18(2)29/h3,5-6,15,19,21H,4,7-14,16H2,1-2H3. The van der Waals surface area contributed by atoms with Gasteiger partial charge in [-0.15, -0.1) is 0 Å². The van der Waals surface area contributed by atoms with Crippen LogP contribution in [0.2, 0.25) is 0 Å². The van der Waals surface area contributed by atoms with Crippen molar-refractivity contribution in [3.8, 4) is 5.75 Å². The van der Waals surface area contributed by atoms with Gasteiger partial charge in [-0.3, -0.25) is 9.59 Å². The number of aromatic nitrogens is 2. The van der Waals surface area contributed by atoms with E-state index in [9.17, 15) is 9.59 Å². The first-order valence-electron chi connectivity index (χ1n) is 11.6. The molecule has 0 spiro atoms. The smallest absolute Gasteiger partial charge is 0.249 e. The summed E-state index contributed by atoms with van der Waals surface area (Å²) in [6.45, 7) is 6.32. The molecule has 0 bridgehead atoms. The van der Waals surface area contributed by atoms with Gasteiger partial charge in [0.25, 0.3) is 0 Å². The van der Waals surface area contributed by atoms with Crippen molar-refractivity contribution in [2.75, 3.05) is 26.2 Å².